The summed E-state index contributed by atoms with van der Waals surface area (Å²) in [6.45, 7) is 6.34. The number of ether oxygens (including phenoxy) is 3. The Kier molecular flexibility index (Phi) is 51.9. The molecule has 0 saturated carbocycles. The Morgan fingerprint density at radius 1 is 0.328 bits per heavy atom. The zero-order valence-corrected chi connectivity index (χ0v) is 43.6. The van der Waals surface area contributed by atoms with Crippen LogP contribution in [0.2, 0.25) is 0 Å². The zero-order chi connectivity index (χ0) is 48.6. The molecule has 0 aliphatic heterocycles. The number of allylic oxidation sites excluding steroid dienone is 16. The van der Waals surface area contributed by atoms with Crippen LogP contribution in [0.25, 0.3) is 0 Å². The molecule has 0 radical (unpaired) electrons. The molecule has 0 aromatic rings. The summed E-state index contributed by atoms with van der Waals surface area (Å²) in [5.74, 6) is -0.983. The number of esters is 3. The molecule has 382 valence electrons. The van der Waals surface area contributed by atoms with Gasteiger partial charge in [-0.15, -0.1) is 0 Å². The van der Waals surface area contributed by atoms with Crippen LogP contribution in [0.1, 0.15) is 252 Å². The van der Waals surface area contributed by atoms with Gasteiger partial charge in [0.1, 0.15) is 13.2 Å². The number of unbranched alkanes of at least 4 members (excludes halogenated alkanes) is 24. The molecule has 6 nitrogen and oxygen atoms in total. The van der Waals surface area contributed by atoms with Gasteiger partial charge in [-0.05, 0) is 77.0 Å². The quantitative estimate of drug-likeness (QED) is 0.0199. The van der Waals surface area contributed by atoms with Crippen molar-refractivity contribution in [3.05, 3.63) is 97.2 Å². The highest BCUT2D eigenvalue weighted by atomic mass is 16.6. The third-order valence-electron chi connectivity index (χ3n) is 11.6. The van der Waals surface area contributed by atoms with E-state index in [1.165, 1.54) is 103 Å². The molecule has 0 fully saturated rings. The number of hydrogen-bond acceptors (Lipinski definition) is 6. The van der Waals surface area contributed by atoms with Crippen molar-refractivity contribution < 1.29 is 28.6 Å². The Hall–Kier alpha value is -3.67. The van der Waals surface area contributed by atoms with Crippen LogP contribution >= 0.6 is 0 Å². The van der Waals surface area contributed by atoms with Crippen LogP contribution in [-0.4, -0.2) is 37.2 Å². The summed E-state index contributed by atoms with van der Waals surface area (Å²) in [4.78, 5) is 38.1. The lowest BCUT2D eigenvalue weighted by Gasteiger charge is -2.18. The number of hydrogen-bond donors (Lipinski definition) is 0. The van der Waals surface area contributed by atoms with Gasteiger partial charge in [0.05, 0.1) is 0 Å². The summed E-state index contributed by atoms with van der Waals surface area (Å²) >= 11 is 0. The van der Waals surface area contributed by atoms with E-state index in [0.717, 1.165) is 103 Å². The Morgan fingerprint density at radius 2 is 0.672 bits per heavy atom. The molecule has 0 amide bonds. The topological polar surface area (TPSA) is 78.9 Å². The second-order valence-corrected chi connectivity index (χ2v) is 18.1. The molecule has 67 heavy (non-hydrogen) atoms. The van der Waals surface area contributed by atoms with E-state index in [4.69, 9.17) is 14.2 Å². The highest BCUT2D eigenvalue weighted by molar-refractivity contribution is 5.71. The van der Waals surface area contributed by atoms with Gasteiger partial charge >= 0.3 is 17.9 Å². The first kappa shape index (κ1) is 63.3. The summed E-state index contributed by atoms with van der Waals surface area (Å²) in [5, 5.41) is 0. The van der Waals surface area contributed by atoms with E-state index >= 15 is 0 Å². The van der Waals surface area contributed by atoms with Gasteiger partial charge in [0.15, 0.2) is 6.10 Å². The van der Waals surface area contributed by atoms with E-state index in [1.807, 2.05) is 0 Å². The highest BCUT2D eigenvalue weighted by Crippen LogP contribution is 2.16. The van der Waals surface area contributed by atoms with Crippen molar-refractivity contribution in [1.29, 1.82) is 0 Å². The molecule has 0 aromatic carbocycles. The molecule has 0 heterocycles. The Morgan fingerprint density at radius 3 is 1.10 bits per heavy atom. The molecule has 1 unspecified atom stereocenters. The van der Waals surface area contributed by atoms with Gasteiger partial charge in [-0.2, -0.15) is 0 Å². The first-order valence-electron chi connectivity index (χ1n) is 27.8. The van der Waals surface area contributed by atoms with Crippen molar-refractivity contribution >= 4 is 17.9 Å². The van der Waals surface area contributed by atoms with Crippen molar-refractivity contribution in [3.63, 3.8) is 0 Å². The van der Waals surface area contributed by atoms with E-state index in [2.05, 4.69) is 118 Å². The standard InChI is InChI=1S/C61H102O6/c1-4-7-10-13-16-19-22-25-27-29-30-32-33-36-39-42-45-48-51-54-60(63)66-57-58(56-65-59(62)53-50-47-44-41-38-35-24-21-18-15-12-9-6-3)67-61(64)55-52-49-46-43-40-37-34-31-28-26-23-20-17-14-11-8-5-2/h8-9,11-12,15,17-18,20-21,24,26,28,34,37,43,46,58H,4-7,10,13-14,16,19,22-23,25,27,29-33,35-36,38-42,44-45,47-57H2,1-3H3/b11-8-,12-9-,18-15-,20-17-,24-21-,28-26-,37-34-,46-43-. The average molecular weight is 931 g/mol. The molecule has 0 bridgehead atoms. The fourth-order valence-corrected chi connectivity index (χ4v) is 7.54. The smallest absolute Gasteiger partial charge is 0.306 e. The number of carbonyl (C=O) groups excluding carboxylic acids is 3. The number of rotatable bonds is 49. The predicted octanol–water partition coefficient (Wildman–Crippen LogP) is 18.5. The van der Waals surface area contributed by atoms with Crippen molar-refractivity contribution in [2.75, 3.05) is 13.2 Å². The zero-order valence-electron chi connectivity index (χ0n) is 43.6. The van der Waals surface area contributed by atoms with E-state index in [9.17, 15) is 14.4 Å². The van der Waals surface area contributed by atoms with Crippen LogP contribution in [0, 0.1) is 0 Å². The molecule has 0 saturated heterocycles. The van der Waals surface area contributed by atoms with Crippen LogP contribution in [0.5, 0.6) is 0 Å². The highest BCUT2D eigenvalue weighted by Gasteiger charge is 2.19. The van der Waals surface area contributed by atoms with Crippen LogP contribution in [0.3, 0.4) is 0 Å². The molecular weight excluding hydrogens is 829 g/mol. The van der Waals surface area contributed by atoms with Crippen molar-refractivity contribution in [2.45, 2.75) is 258 Å². The largest absolute Gasteiger partial charge is 0.462 e. The molecule has 1 atom stereocenters. The summed E-state index contributed by atoms with van der Waals surface area (Å²) in [6.07, 6.45) is 72.6. The van der Waals surface area contributed by atoms with E-state index in [1.54, 1.807) is 0 Å². The summed E-state index contributed by atoms with van der Waals surface area (Å²) < 4.78 is 16.8. The maximum atomic E-state index is 12.8. The second-order valence-electron chi connectivity index (χ2n) is 18.1. The maximum Gasteiger partial charge on any atom is 0.306 e. The number of carbonyl (C=O) groups is 3. The lowest BCUT2D eigenvalue weighted by atomic mass is 10.0. The van der Waals surface area contributed by atoms with Crippen molar-refractivity contribution in [2.24, 2.45) is 0 Å². The van der Waals surface area contributed by atoms with Crippen LogP contribution < -0.4 is 0 Å². The fourth-order valence-electron chi connectivity index (χ4n) is 7.54. The third kappa shape index (κ3) is 53.2. The van der Waals surface area contributed by atoms with Gasteiger partial charge in [0, 0.05) is 19.3 Å². The fraction of sp³-hybridized carbons (Fsp3) is 0.689. The lowest BCUT2D eigenvalue weighted by molar-refractivity contribution is -0.167. The van der Waals surface area contributed by atoms with Crippen LogP contribution in [0.4, 0.5) is 0 Å². The molecule has 0 spiro atoms. The lowest BCUT2D eigenvalue weighted by Crippen LogP contribution is -2.30. The van der Waals surface area contributed by atoms with Gasteiger partial charge in [0.2, 0.25) is 0 Å². The predicted molar refractivity (Wildman–Crippen MR) is 288 cm³/mol. The minimum absolute atomic E-state index is 0.106. The van der Waals surface area contributed by atoms with Crippen LogP contribution in [-0.2, 0) is 28.6 Å². The first-order valence-corrected chi connectivity index (χ1v) is 27.8. The van der Waals surface area contributed by atoms with Gasteiger partial charge < -0.3 is 14.2 Å². The monoisotopic (exact) mass is 931 g/mol. The molecule has 0 aliphatic carbocycles. The average Bonchev–Trinajstić information content (AvgIpc) is 3.33. The summed E-state index contributed by atoms with van der Waals surface area (Å²) in [6, 6.07) is 0. The minimum Gasteiger partial charge on any atom is -0.462 e. The maximum absolute atomic E-state index is 12.8. The van der Waals surface area contributed by atoms with E-state index in [0.29, 0.717) is 19.3 Å². The summed E-state index contributed by atoms with van der Waals surface area (Å²) in [7, 11) is 0. The molecule has 0 aliphatic rings. The van der Waals surface area contributed by atoms with Crippen LogP contribution in [0.15, 0.2) is 97.2 Å². The van der Waals surface area contributed by atoms with E-state index in [-0.39, 0.29) is 37.5 Å². The molecule has 0 rings (SSSR count). The molecular formula is C61H102O6. The second kappa shape index (κ2) is 54.9. The SMILES string of the molecule is CC\C=C/C=C\C=C/CCCCCCCC(=O)OCC(COC(=O)CCCCCCCCCCCCCCCCCCCCC)OC(=O)CCC/C=C\C/C=C\C/C=C\C/C=C\C/C=C\CC. The van der Waals surface area contributed by atoms with E-state index < -0.39 is 6.10 Å². The van der Waals surface area contributed by atoms with Crippen molar-refractivity contribution in [3.8, 4) is 0 Å². The van der Waals surface area contributed by atoms with Gasteiger partial charge in [-0.25, -0.2) is 0 Å². The molecule has 0 aromatic heterocycles. The molecule has 6 heteroatoms. The minimum atomic E-state index is -0.815. The summed E-state index contributed by atoms with van der Waals surface area (Å²) in [5.41, 5.74) is 0. The van der Waals surface area contributed by atoms with Gasteiger partial charge in [-0.1, -0.05) is 253 Å². The first-order chi connectivity index (χ1) is 33.0. The van der Waals surface area contributed by atoms with Gasteiger partial charge in [0.25, 0.3) is 0 Å². The molecule has 0 N–H and O–H groups in total. The Labute approximate surface area is 413 Å². The third-order valence-corrected chi connectivity index (χ3v) is 11.6. The normalized spacial score (nSPS) is 12.8. The Bertz CT molecular complexity index is 1350. The van der Waals surface area contributed by atoms with Crippen molar-refractivity contribution in [1.82, 2.24) is 0 Å². The van der Waals surface area contributed by atoms with Gasteiger partial charge in [-0.3, -0.25) is 14.4 Å². The Balaban J connectivity index is 4.45.